The topological polar surface area (TPSA) is 26.3 Å². The first-order valence-electron chi connectivity index (χ1n) is 9.49. The van der Waals surface area contributed by atoms with Gasteiger partial charge in [-0.2, -0.15) is 0 Å². The maximum atomic E-state index is 11.5. The zero-order chi connectivity index (χ0) is 16.2. The summed E-state index contributed by atoms with van der Waals surface area (Å²) in [4.78, 5) is 11.5. The third-order valence-electron chi connectivity index (χ3n) is 7.97. The molecule has 0 aromatic carbocycles. The minimum atomic E-state index is -0.159. The minimum Gasteiger partial charge on any atom is -0.431 e. The highest BCUT2D eigenvalue weighted by molar-refractivity contribution is 5.67. The summed E-state index contributed by atoms with van der Waals surface area (Å²) in [6, 6.07) is 0. The van der Waals surface area contributed by atoms with E-state index in [0.717, 1.165) is 29.9 Å². The van der Waals surface area contributed by atoms with Crippen LogP contribution in [0.3, 0.4) is 0 Å². The minimum absolute atomic E-state index is 0.0978. The van der Waals surface area contributed by atoms with Crippen LogP contribution in [0, 0.1) is 34.5 Å². The van der Waals surface area contributed by atoms with E-state index in [4.69, 9.17) is 4.74 Å². The normalized spacial score (nSPS) is 48.0. The highest BCUT2D eigenvalue weighted by atomic mass is 16.5. The van der Waals surface area contributed by atoms with E-state index < -0.39 is 0 Å². The molecule has 2 fully saturated rings. The molecular weight excluding hydrogens is 284 g/mol. The van der Waals surface area contributed by atoms with Crippen LogP contribution < -0.4 is 0 Å². The number of carbonyl (C=O) groups excluding carboxylic acids is 1. The Balaban J connectivity index is 1.61. The van der Waals surface area contributed by atoms with E-state index in [-0.39, 0.29) is 11.4 Å². The van der Waals surface area contributed by atoms with Gasteiger partial charge in [-0.1, -0.05) is 26.0 Å². The van der Waals surface area contributed by atoms with Gasteiger partial charge in [-0.25, -0.2) is 0 Å². The van der Waals surface area contributed by atoms with Crippen LogP contribution in [0.2, 0.25) is 0 Å². The number of hydrogen-bond acceptors (Lipinski definition) is 2. The molecule has 0 aliphatic heterocycles. The third kappa shape index (κ3) is 2.16. The SMILES string of the molecule is CC(=O)OC1=CC[C@@H]2[C@H]3CC[C@H]4CC=CC[C@]4(C)[C@H]3CC[C@]12C. The monoisotopic (exact) mass is 314 g/mol. The lowest BCUT2D eigenvalue weighted by Gasteiger charge is -2.59. The smallest absolute Gasteiger partial charge is 0.307 e. The summed E-state index contributed by atoms with van der Waals surface area (Å²) in [7, 11) is 0. The molecule has 0 N–H and O–H groups in total. The lowest BCUT2D eigenvalue weighted by atomic mass is 9.46. The summed E-state index contributed by atoms with van der Waals surface area (Å²) in [6.45, 7) is 6.45. The van der Waals surface area contributed by atoms with Gasteiger partial charge in [-0.05, 0) is 80.1 Å². The average Bonchev–Trinajstić information content (AvgIpc) is 2.83. The van der Waals surface area contributed by atoms with Crippen molar-refractivity contribution in [3.8, 4) is 0 Å². The van der Waals surface area contributed by atoms with E-state index in [2.05, 4.69) is 32.1 Å². The second-order valence-corrected chi connectivity index (χ2v) is 8.92. The van der Waals surface area contributed by atoms with Crippen LogP contribution in [0.15, 0.2) is 24.0 Å². The van der Waals surface area contributed by atoms with Gasteiger partial charge >= 0.3 is 5.97 Å². The van der Waals surface area contributed by atoms with Crippen LogP contribution in [0.4, 0.5) is 0 Å². The quantitative estimate of drug-likeness (QED) is 0.488. The van der Waals surface area contributed by atoms with Gasteiger partial charge in [-0.15, -0.1) is 0 Å². The zero-order valence-electron chi connectivity index (χ0n) is 14.8. The molecule has 23 heavy (non-hydrogen) atoms. The van der Waals surface area contributed by atoms with Gasteiger partial charge < -0.3 is 4.74 Å². The second kappa shape index (κ2) is 5.22. The average molecular weight is 314 g/mol. The Morgan fingerprint density at radius 1 is 1.13 bits per heavy atom. The summed E-state index contributed by atoms with van der Waals surface area (Å²) in [5.41, 5.74) is 0.601. The summed E-state index contributed by atoms with van der Waals surface area (Å²) in [6.07, 6.45) is 16.0. The maximum Gasteiger partial charge on any atom is 0.307 e. The number of carbonyl (C=O) groups is 1. The molecule has 2 heteroatoms. The van der Waals surface area contributed by atoms with Crippen LogP contribution in [0.25, 0.3) is 0 Å². The predicted octanol–water partition coefficient (Wildman–Crippen LogP) is 5.25. The number of allylic oxidation sites excluding steroid dienone is 4. The van der Waals surface area contributed by atoms with Crippen molar-refractivity contribution in [1.29, 1.82) is 0 Å². The molecule has 2 saturated carbocycles. The van der Waals surface area contributed by atoms with Crippen molar-refractivity contribution in [3.05, 3.63) is 24.0 Å². The lowest BCUT2D eigenvalue weighted by Crippen LogP contribution is -2.52. The van der Waals surface area contributed by atoms with E-state index in [1.165, 1.54) is 45.4 Å². The fourth-order valence-corrected chi connectivity index (χ4v) is 6.68. The zero-order valence-corrected chi connectivity index (χ0v) is 14.8. The first kappa shape index (κ1) is 15.5. The van der Waals surface area contributed by atoms with E-state index in [9.17, 15) is 4.79 Å². The van der Waals surface area contributed by atoms with Crippen molar-refractivity contribution in [3.63, 3.8) is 0 Å². The second-order valence-electron chi connectivity index (χ2n) is 8.92. The van der Waals surface area contributed by atoms with E-state index in [0.29, 0.717) is 11.3 Å². The summed E-state index contributed by atoms with van der Waals surface area (Å²) in [5, 5.41) is 0. The number of esters is 1. The molecule has 0 bridgehead atoms. The number of hydrogen-bond donors (Lipinski definition) is 0. The Bertz CT molecular complexity index is 574. The molecular formula is C21H30O2. The van der Waals surface area contributed by atoms with Gasteiger partial charge in [-0.3, -0.25) is 4.79 Å². The van der Waals surface area contributed by atoms with Crippen LogP contribution in [-0.4, -0.2) is 5.97 Å². The predicted molar refractivity (Wildman–Crippen MR) is 91.5 cm³/mol. The Labute approximate surface area is 140 Å². The molecule has 2 nitrogen and oxygen atoms in total. The fourth-order valence-electron chi connectivity index (χ4n) is 6.68. The summed E-state index contributed by atoms with van der Waals surface area (Å²) >= 11 is 0. The largest absolute Gasteiger partial charge is 0.431 e. The van der Waals surface area contributed by atoms with Crippen LogP contribution in [-0.2, 0) is 9.53 Å². The number of fused-ring (bicyclic) bond motifs is 5. The van der Waals surface area contributed by atoms with Gasteiger partial charge in [0.25, 0.3) is 0 Å². The molecule has 0 amide bonds. The van der Waals surface area contributed by atoms with Crippen LogP contribution >= 0.6 is 0 Å². The molecule has 126 valence electrons. The highest BCUT2D eigenvalue weighted by Gasteiger charge is 2.58. The van der Waals surface area contributed by atoms with Crippen LogP contribution in [0.5, 0.6) is 0 Å². The molecule has 6 atom stereocenters. The van der Waals surface area contributed by atoms with Crippen molar-refractivity contribution in [1.82, 2.24) is 0 Å². The van der Waals surface area contributed by atoms with Crippen LogP contribution in [0.1, 0.15) is 65.7 Å². The molecule has 0 saturated heterocycles. The standard InChI is InChI=1S/C21H30O2/c1-14(22)23-19-10-9-17-16-8-7-15-6-4-5-12-20(15,2)18(16)11-13-21(17,19)3/h4-5,10,15-18H,6-9,11-13H2,1-3H3/t15-,16-,17-,18+,20+,21+/m1/s1. The highest BCUT2D eigenvalue weighted by Crippen LogP contribution is 2.65. The third-order valence-corrected chi connectivity index (χ3v) is 7.97. The van der Waals surface area contributed by atoms with Crippen molar-refractivity contribution in [2.45, 2.75) is 65.7 Å². The molecule has 4 aliphatic rings. The first-order valence-corrected chi connectivity index (χ1v) is 9.49. The Hall–Kier alpha value is -1.05. The molecule has 4 aliphatic carbocycles. The maximum absolute atomic E-state index is 11.5. The molecule has 0 aromatic heterocycles. The van der Waals surface area contributed by atoms with Gasteiger partial charge in [0.1, 0.15) is 5.76 Å². The summed E-state index contributed by atoms with van der Waals surface area (Å²) < 4.78 is 5.61. The molecule has 0 unspecified atom stereocenters. The molecule has 0 heterocycles. The van der Waals surface area contributed by atoms with E-state index in [1.807, 2.05) is 0 Å². The molecule has 0 aromatic rings. The summed E-state index contributed by atoms with van der Waals surface area (Å²) in [5.74, 6) is 4.05. The van der Waals surface area contributed by atoms with Crippen molar-refractivity contribution >= 4 is 5.97 Å². The fraction of sp³-hybridized carbons (Fsp3) is 0.762. The molecule has 0 radical (unpaired) electrons. The first-order chi connectivity index (χ1) is 10.9. The van der Waals surface area contributed by atoms with Crippen molar-refractivity contribution in [2.75, 3.05) is 0 Å². The Kier molecular flexibility index (Phi) is 3.52. The van der Waals surface area contributed by atoms with Crippen molar-refractivity contribution < 1.29 is 9.53 Å². The van der Waals surface area contributed by atoms with Gasteiger partial charge in [0, 0.05) is 12.3 Å². The van der Waals surface area contributed by atoms with E-state index >= 15 is 0 Å². The van der Waals surface area contributed by atoms with Crippen molar-refractivity contribution in [2.24, 2.45) is 34.5 Å². The van der Waals surface area contributed by atoms with Gasteiger partial charge in [0.2, 0.25) is 0 Å². The Morgan fingerprint density at radius 3 is 2.74 bits per heavy atom. The van der Waals surface area contributed by atoms with E-state index in [1.54, 1.807) is 0 Å². The molecule has 4 rings (SSSR count). The Morgan fingerprint density at radius 2 is 1.96 bits per heavy atom. The number of ether oxygens (including phenoxy) is 1. The molecule has 0 spiro atoms. The van der Waals surface area contributed by atoms with Gasteiger partial charge in [0.05, 0.1) is 0 Å². The lowest BCUT2D eigenvalue weighted by molar-refractivity contribution is -0.141. The number of rotatable bonds is 1. The van der Waals surface area contributed by atoms with Gasteiger partial charge in [0.15, 0.2) is 0 Å².